The van der Waals surface area contributed by atoms with Gasteiger partial charge in [0, 0.05) is 19.6 Å². The van der Waals surface area contributed by atoms with Crippen LogP contribution >= 0.6 is 0 Å². The fourth-order valence-corrected chi connectivity index (χ4v) is 3.89. The van der Waals surface area contributed by atoms with E-state index in [0.29, 0.717) is 30.5 Å². The van der Waals surface area contributed by atoms with Gasteiger partial charge in [-0.15, -0.1) is 0 Å². The summed E-state index contributed by atoms with van der Waals surface area (Å²) >= 11 is 0. The van der Waals surface area contributed by atoms with E-state index >= 15 is 0 Å². The van der Waals surface area contributed by atoms with Gasteiger partial charge in [-0.2, -0.15) is 15.1 Å². The fourth-order valence-electron chi connectivity index (χ4n) is 3.89. The van der Waals surface area contributed by atoms with Crippen LogP contribution in [0.25, 0.3) is 11.2 Å². The highest BCUT2D eigenvalue weighted by Crippen LogP contribution is 2.23. The van der Waals surface area contributed by atoms with Gasteiger partial charge >= 0.3 is 0 Å². The van der Waals surface area contributed by atoms with Crippen LogP contribution in [0, 0.1) is 6.92 Å². The molecule has 0 saturated carbocycles. The van der Waals surface area contributed by atoms with Gasteiger partial charge in [0.1, 0.15) is 0 Å². The predicted octanol–water partition coefficient (Wildman–Crippen LogP) is 3.66. The number of ether oxygens (including phenoxy) is 1. The second-order valence-corrected chi connectivity index (χ2v) is 8.10. The number of hydrogen-bond donors (Lipinski definition) is 1. The Kier molecular flexibility index (Phi) is 6.25. The Balaban J connectivity index is 1.45. The first-order valence-electron chi connectivity index (χ1n) is 11.2. The van der Waals surface area contributed by atoms with E-state index in [2.05, 4.69) is 68.3 Å². The maximum atomic E-state index is 5.50. The molecule has 33 heavy (non-hydrogen) atoms. The number of fused-ring (bicyclic) bond motifs is 1. The van der Waals surface area contributed by atoms with Crippen molar-refractivity contribution in [3.05, 3.63) is 77.6 Å². The second-order valence-electron chi connectivity index (χ2n) is 8.10. The number of nitrogens with one attached hydrogen (secondary N) is 1. The quantitative estimate of drug-likeness (QED) is 0.348. The van der Waals surface area contributed by atoms with Crippen LogP contribution in [0.5, 0.6) is 0 Å². The van der Waals surface area contributed by atoms with E-state index in [4.69, 9.17) is 14.7 Å². The molecule has 2 aromatic carbocycles. The highest BCUT2D eigenvalue weighted by atomic mass is 16.5. The molecule has 1 N–H and O–H groups in total. The molecule has 0 atom stereocenters. The van der Waals surface area contributed by atoms with Crippen molar-refractivity contribution in [1.29, 1.82) is 0 Å². The number of imidazole rings is 1. The monoisotopic (exact) mass is 441 g/mol. The van der Waals surface area contributed by atoms with Crippen LogP contribution in [0.4, 0.5) is 11.8 Å². The van der Waals surface area contributed by atoms with Crippen molar-refractivity contribution in [2.45, 2.75) is 19.9 Å². The number of hydrazone groups is 1. The number of aryl methyl sites for hydroxylation is 3. The lowest BCUT2D eigenvalue weighted by molar-refractivity contribution is 0.122. The first-order valence-corrected chi connectivity index (χ1v) is 11.2. The number of morpholine rings is 1. The summed E-state index contributed by atoms with van der Waals surface area (Å²) in [5.74, 6) is 1.27. The van der Waals surface area contributed by atoms with Gasteiger partial charge in [-0.25, -0.2) is 4.98 Å². The van der Waals surface area contributed by atoms with Gasteiger partial charge in [0.25, 0.3) is 0 Å². The zero-order chi connectivity index (χ0) is 22.5. The Morgan fingerprint density at radius 3 is 2.73 bits per heavy atom. The Morgan fingerprint density at radius 1 is 1.06 bits per heavy atom. The molecular formula is C25H27N7O. The molecule has 8 heteroatoms. The highest BCUT2D eigenvalue weighted by Gasteiger charge is 2.19. The lowest BCUT2D eigenvalue weighted by Gasteiger charge is -2.27. The minimum Gasteiger partial charge on any atom is -0.378 e. The second kappa shape index (κ2) is 9.79. The Morgan fingerprint density at radius 2 is 1.91 bits per heavy atom. The Hall–Kier alpha value is -3.78. The molecule has 1 aliphatic heterocycles. The number of benzene rings is 2. The molecular weight excluding hydrogens is 414 g/mol. The molecule has 0 amide bonds. The Bertz CT molecular complexity index is 1250. The number of rotatable bonds is 7. The average molecular weight is 442 g/mol. The average Bonchev–Trinajstić information content (AvgIpc) is 3.27. The first-order chi connectivity index (χ1) is 16.3. The van der Waals surface area contributed by atoms with Gasteiger partial charge in [0.05, 0.1) is 25.8 Å². The standard InChI is InChI=1S/C25H27N7O/c1-19-6-5-9-21(16-19)17-27-30-23-22-24(29-25(28-23)31-12-14-33-15-13-31)32(18-26-22)11-10-20-7-3-2-4-8-20/h2-9,16-18H,10-15H2,1H3,(H,28,29,30). The highest BCUT2D eigenvalue weighted by molar-refractivity contribution is 5.86. The largest absolute Gasteiger partial charge is 0.378 e. The van der Waals surface area contributed by atoms with E-state index in [1.54, 1.807) is 6.21 Å². The van der Waals surface area contributed by atoms with Crippen molar-refractivity contribution in [3.63, 3.8) is 0 Å². The maximum Gasteiger partial charge on any atom is 0.229 e. The van der Waals surface area contributed by atoms with Crippen molar-refractivity contribution in [3.8, 4) is 0 Å². The molecule has 5 rings (SSSR count). The van der Waals surface area contributed by atoms with E-state index < -0.39 is 0 Å². The summed E-state index contributed by atoms with van der Waals surface area (Å²) in [6, 6.07) is 18.6. The van der Waals surface area contributed by atoms with Crippen molar-refractivity contribution >= 4 is 29.1 Å². The van der Waals surface area contributed by atoms with Crippen LogP contribution in [-0.4, -0.2) is 52.0 Å². The summed E-state index contributed by atoms with van der Waals surface area (Å²) < 4.78 is 7.59. The first kappa shape index (κ1) is 21.1. The van der Waals surface area contributed by atoms with E-state index in [-0.39, 0.29) is 0 Å². The molecule has 0 spiro atoms. The van der Waals surface area contributed by atoms with Crippen LogP contribution in [0.2, 0.25) is 0 Å². The summed E-state index contributed by atoms with van der Waals surface area (Å²) in [6.45, 7) is 5.71. The van der Waals surface area contributed by atoms with Crippen LogP contribution < -0.4 is 10.3 Å². The van der Waals surface area contributed by atoms with Crippen LogP contribution in [-0.2, 0) is 17.7 Å². The van der Waals surface area contributed by atoms with Gasteiger partial charge in [0.2, 0.25) is 5.95 Å². The molecule has 4 aromatic rings. The molecule has 1 fully saturated rings. The van der Waals surface area contributed by atoms with Gasteiger partial charge in [0.15, 0.2) is 17.0 Å². The normalized spacial score (nSPS) is 14.3. The zero-order valence-corrected chi connectivity index (χ0v) is 18.7. The van der Waals surface area contributed by atoms with Crippen molar-refractivity contribution < 1.29 is 4.74 Å². The molecule has 2 aromatic heterocycles. The van der Waals surface area contributed by atoms with E-state index in [1.165, 1.54) is 11.1 Å². The van der Waals surface area contributed by atoms with Gasteiger partial charge in [-0.1, -0.05) is 60.2 Å². The Labute approximate surface area is 193 Å². The predicted molar refractivity (Wildman–Crippen MR) is 131 cm³/mol. The molecule has 1 saturated heterocycles. The molecule has 1 aliphatic rings. The summed E-state index contributed by atoms with van der Waals surface area (Å²) in [7, 11) is 0. The molecule has 3 heterocycles. The topological polar surface area (TPSA) is 80.5 Å². The van der Waals surface area contributed by atoms with Crippen LogP contribution in [0.3, 0.4) is 0 Å². The summed E-state index contributed by atoms with van der Waals surface area (Å²) in [4.78, 5) is 16.4. The molecule has 0 bridgehead atoms. The third-order valence-corrected chi connectivity index (χ3v) is 5.66. The lowest BCUT2D eigenvalue weighted by atomic mass is 10.1. The minimum absolute atomic E-state index is 0.601. The molecule has 0 aliphatic carbocycles. The number of nitrogens with zero attached hydrogens (tertiary/aromatic N) is 6. The summed E-state index contributed by atoms with van der Waals surface area (Å²) in [5, 5.41) is 4.43. The van der Waals surface area contributed by atoms with E-state index in [9.17, 15) is 0 Å². The third-order valence-electron chi connectivity index (χ3n) is 5.66. The fraction of sp³-hybridized carbons (Fsp3) is 0.280. The van der Waals surface area contributed by atoms with Gasteiger partial charge in [-0.05, 0) is 24.5 Å². The third kappa shape index (κ3) is 5.01. The van der Waals surface area contributed by atoms with Gasteiger partial charge < -0.3 is 14.2 Å². The van der Waals surface area contributed by atoms with Crippen molar-refractivity contribution in [1.82, 2.24) is 19.5 Å². The van der Waals surface area contributed by atoms with Gasteiger partial charge in [-0.3, -0.25) is 5.43 Å². The van der Waals surface area contributed by atoms with Crippen LogP contribution in [0.15, 0.2) is 66.0 Å². The van der Waals surface area contributed by atoms with E-state index in [1.807, 2.05) is 24.5 Å². The number of anilines is 2. The van der Waals surface area contributed by atoms with Crippen LogP contribution in [0.1, 0.15) is 16.7 Å². The summed E-state index contributed by atoms with van der Waals surface area (Å²) in [6.07, 6.45) is 4.53. The SMILES string of the molecule is Cc1cccc(C=NNc2nc(N3CCOCC3)nc3c2ncn3CCc2ccccc2)c1. The molecule has 8 nitrogen and oxygen atoms in total. The molecule has 0 unspecified atom stereocenters. The maximum absolute atomic E-state index is 5.50. The lowest BCUT2D eigenvalue weighted by Crippen LogP contribution is -2.37. The molecule has 0 radical (unpaired) electrons. The van der Waals surface area contributed by atoms with E-state index in [0.717, 1.165) is 37.3 Å². The number of aromatic nitrogens is 4. The summed E-state index contributed by atoms with van der Waals surface area (Å²) in [5.41, 5.74) is 8.11. The minimum atomic E-state index is 0.601. The van der Waals surface area contributed by atoms with Crippen molar-refractivity contribution in [2.75, 3.05) is 36.6 Å². The zero-order valence-electron chi connectivity index (χ0n) is 18.7. The smallest absolute Gasteiger partial charge is 0.229 e. The molecule has 168 valence electrons. The number of hydrogen-bond acceptors (Lipinski definition) is 7. The van der Waals surface area contributed by atoms with Crippen molar-refractivity contribution in [2.24, 2.45) is 5.10 Å².